The van der Waals surface area contributed by atoms with Crippen LogP contribution in [0.25, 0.3) is 0 Å². The molecule has 1 fully saturated rings. The van der Waals surface area contributed by atoms with E-state index in [2.05, 4.69) is 0 Å². The summed E-state index contributed by atoms with van der Waals surface area (Å²) < 4.78 is 27.5. The fourth-order valence-corrected chi connectivity index (χ4v) is 5.39. The van der Waals surface area contributed by atoms with Gasteiger partial charge in [-0.1, -0.05) is 17.7 Å². The number of aromatic hydroxyl groups is 1. The van der Waals surface area contributed by atoms with Crippen LogP contribution in [0.4, 0.5) is 5.69 Å². The van der Waals surface area contributed by atoms with E-state index in [1.54, 1.807) is 26.0 Å². The van der Waals surface area contributed by atoms with Crippen LogP contribution in [-0.2, 0) is 14.8 Å². The van der Waals surface area contributed by atoms with Crippen LogP contribution < -0.4 is 4.90 Å². The van der Waals surface area contributed by atoms with Gasteiger partial charge in [0, 0.05) is 25.3 Å². The second kappa shape index (κ2) is 8.91. The molecule has 9 heteroatoms. The summed E-state index contributed by atoms with van der Waals surface area (Å²) in [6.45, 7) is 5.35. The minimum absolute atomic E-state index is 0.190. The number of carbonyl (C=O) groups excluding carboxylic acids is 1. The Labute approximate surface area is 188 Å². The van der Waals surface area contributed by atoms with Crippen LogP contribution >= 0.6 is 0 Å². The third-order valence-corrected chi connectivity index (χ3v) is 7.70. The summed E-state index contributed by atoms with van der Waals surface area (Å²) in [6, 6.07) is 7.50. The van der Waals surface area contributed by atoms with E-state index in [9.17, 15) is 23.1 Å². The van der Waals surface area contributed by atoms with E-state index in [0.29, 0.717) is 29.3 Å². The zero-order valence-corrected chi connectivity index (χ0v) is 19.4. The SMILES string of the molecule is Cc1cc(C)c(S(=O)(=O)N(C)CC(=O)N(CC2CC2)c2ccc(C(=O)O)c(O)c2)c(C)c1. The highest BCUT2D eigenvalue weighted by atomic mass is 32.2. The largest absolute Gasteiger partial charge is 0.507 e. The van der Waals surface area contributed by atoms with Crippen molar-refractivity contribution in [2.75, 3.05) is 25.0 Å². The Morgan fingerprint density at radius 1 is 1.06 bits per heavy atom. The van der Waals surface area contributed by atoms with Crippen molar-refractivity contribution in [3.63, 3.8) is 0 Å². The van der Waals surface area contributed by atoms with Crippen molar-refractivity contribution in [3.8, 4) is 5.75 Å². The van der Waals surface area contributed by atoms with Crippen LogP contribution in [0.2, 0.25) is 0 Å². The van der Waals surface area contributed by atoms with E-state index in [0.717, 1.165) is 22.7 Å². The lowest BCUT2D eigenvalue weighted by atomic mass is 10.1. The molecule has 32 heavy (non-hydrogen) atoms. The van der Waals surface area contributed by atoms with Crippen molar-refractivity contribution in [1.82, 2.24) is 4.31 Å². The maximum atomic E-state index is 13.2. The van der Waals surface area contributed by atoms with E-state index in [-0.39, 0.29) is 17.0 Å². The fourth-order valence-electron chi connectivity index (χ4n) is 3.87. The van der Waals surface area contributed by atoms with Gasteiger partial charge in [-0.2, -0.15) is 4.31 Å². The molecule has 8 nitrogen and oxygen atoms in total. The lowest BCUT2D eigenvalue weighted by molar-refractivity contribution is -0.118. The zero-order valence-electron chi connectivity index (χ0n) is 18.6. The van der Waals surface area contributed by atoms with E-state index in [1.807, 2.05) is 6.92 Å². The Balaban J connectivity index is 1.88. The molecule has 3 rings (SSSR count). The van der Waals surface area contributed by atoms with E-state index >= 15 is 0 Å². The highest BCUT2D eigenvalue weighted by molar-refractivity contribution is 7.89. The monoisotopic (exact) mass is 460 g/mol. The number of amides is 1. The van der Waals surface area contributed by atoms with Crippen LogP contribution in [0.3, 0.4) is 0 Å². The number of aromatic carboxylic acids is 1. The molecule has 2 aromatic rings. The predicted octanol–water partition coefficient (Wildman–Crippen LogP) is 3.08. The number of carbonyl (C=O) groups is 2. The zero-order chi connectivity index (χ0) is 23.8. The molecule has 1 aliphatic carbocycles. The Hall–Kier alpha value is -2.91. The number of aryl methyl sites for hydroxylation is 3. The molecule has 2 N–H and O–H groups in total. The van der Waals surface area contributed by atoms with Gasteiger partial charge >= 0.3 is 5.97 Å². The molecule has 1 saturated carbocycles. The summed E-state index contributed by atoms with van der Waals surface area (Å²) in [7, 11) is -2.54. The maximum Gasteiger partial charge on any atom is 0.339 e. The van der Waals surface area contributed by atoms with E-state index < -0.39 is 27.6 Å². The Kier molecular flexibility index (Phi) is 6.61. The van der Waals surface area contributed by atoms with Gasteiger partial charge in [0.2, 0.25) is 15.9 Å². The summed E-state index contributed by atoms with van der Waals surface area (Å²) in [4.78, 5) is 26.0. The van der Waals surface area contributed by atoms with Gasteiger partial charge < -0.3 is 15.1 Å². The second-order valence-corrected chi connectivity index (χ2v) is 10.4. The van der Waals surface area contributed by atoms with Crippen LogP contribution in [0.1, 0.15) is 39.9 Å². The number of rotatable bonds is 8. The Morgan fingerprint density at radius 2 is 1.66 bits per heavy atom. The molecular formula is C23H28N2O6S. The summed E-state index contributed by atoms with van der Waals surface area (Å²) in [5.41, 5.74) is 2.25. The average molecular weight is 461 g/mol. The molecule has 0 aromatic heterocycles. The van der Waals surface area contributed by atoms with Crippen LogP contribution in [0.15, 0.2) is 35.2 Å². The fraction of sp³-hybridized carbons (Fsp3) is 0.391. The van der Waals surface area contributed by atoms with Crippen molar-refractivity contribution in [2.45, 2.75) is 38.5 Å². The first-order chi connectivity index (χ1) is 14.9. The molecule has 1 aliphatic rings. The topological polar surface area (TPSA) is 115 Å². The van der Waals surface area contributed by atoms with Gasteiger partial charge in [0.1, 0.15) is 11.3 Å². The molecule has 2 aromatic carbocycles. The third kappa shape index (κ3) is 4.94. The van der Waals surface area contributed by atoms with Gasteiger partial charge in [0.05, 0.1) is 11.4 Å². The average Bonchev–Trinajstić information content (AvgIpc) is 3.48. The predicted molar refractivity (Wildman–Crippen MR) is 121 cm³/mol. The van der Waals surface area contributed by atoms with Crippen LogP contribution in [0, 0.1) is 26.7 Å². The molecule has 0 heterocycles. The summed E-state index contributed by atoms with van der Waals surface area (Å²) >= 11 is 0. The van der Waals surface area contributed by atoms with Gasteiger partial charge in [-0.3, -0.25) is 4.79 Å². The molecular weight excluding hydrogens is 432 g/mol. The number of anilines is 1. The number of nitrogens with zero attached hydrogens (tertiary/aromatic N) is 2. The smallest absolute Gasteiger partial charge is 0.339 e. The van der Waals surface area contributed by atoms with Gasteiger partial charge in [-0.25, -0.2) is 13.2 Å². The first kappa shape index (κ1) is 23.7. The van der Waals surface area contributed by atoms with Crippen LogP contribution in [0.5, 0.6) is 5.75 Å². The Morgan fingerprint density at radius 3 is 2.16 bits per heavy atom. The number of phenols is 1. The summed E-state index contributed by atoms with van der Waals surface area (Å²) in [5, 5.41) is 19.2. The normalized spacial score (nSPS) is 13.9. The highest BCUT2D eigenvalue weighted by Gasteiger charge is 2.32. The van der Waals surface area contributed by atoms with E-state index in [4.69, 9.17) is 5.11 Å². The first-order valence-electron chi connectivity index (χ1n) is 10.3. The van der Waals surface area contributed by atoms with Crippen molar-refractivity contribution >= 4 is 27.6 Å². The second-order valence-electron chi connectivity index (χ2n) is 8.44. The van der Waals surface area contributed by atoms with Gasteiger partial charge in [-0.05, 0) is 62.8 Å². The van der Waals surface area contributed by atoms with Crippen molar-refractivity contribution < 1.29 is 28.2 Å². The molecule has 0 aliphatic heterocycles. The van der Waals surface area contributed by atoms with E-state index in [1.165, 1.54) is 30.1 Å². The van der Waals surface area contributed by atoms with Gasteiger partial charge in [0.25, 0.3) is 0 Å². The molecule has 0 atom stereocenters. The van der Waals surface area contributed by atoms with Gasteiger partial charge in [0.15, 0.2) is 0 Å². The number of benzene rings is 2. The number of sulfonamides is 1. The maximum absolute atomic E-state index is 13.2. The molecule has 0 saturated heterocycles. The number of carboxylic acid groups (broad SMARTS) is 1. The minimum Gasteiger partial charge on any atom is -0.507 e. The summed E-state index contributed by atoms with van der Waals surface area (Å²) in [6.07, 6.45) is 1.91. The number of likely N-dealkylation sites (N-methyl/N-ethyl adjacent to an activating group) is 1. The van der Waals surface area contributed by atoms with Gasteiger partial charge in [-0.15, -0.1) is 0 Å². The minimum atomic E-state index is -3.91. The first-order valence-corrected chi connectivity index (χ1v) is 11.8. The quantitative estimate of drug-likeness (QED) is 0.626. The lowest BCUT2D eigenvalue weighted by Crippen LogP contribution is -2.42. The molecule has 172 valence electrons. The van der Waals surface area contributed by atoms with Crippen molar-refractivity contribution in [3.05, 3.63) is 52.6 Å². The molecule has 0 radical (unpaired) electrons. The molecule has 0 bridgehead atoms. The third-order valence-electron chi connectivity index (χ3n) is 5.59. The molecule has 0 spiro atoms. The standard InChI is InChI=1S/C23H28N2O6S/c1-14-9-15(2)22(16(3)10-14)32(30,31)24(4)13-21(27)25(12-17-5-6-17)18-7-8-19(23(28)29)20(26)11-18/h7-11,17,26H,5-6,12-13H2,1-4H3,(H,28,29). The highest BCUT2D eigenvalue weighted by Crippen LogP contribution is 2.33. The Bertz CT molecular complexity index is 1150. The number of hydrogen-bond donors (Lipinski definition) is 2. The molecule has 1 amide bonds. The molecule has 0 unspecified atom stereocenters. The number of carboxylic acids is 1. The van der Waals surface area contributed by atoms with Crippen molar-refractivity contribution in [1.29, 1.82) is 0 Å². The lowest BCUT2D eigenvalue weighted by Gasteiger charge is -2.26. The van der Waals surface area contributed by atoms with Crippen molar-refractivity contribution in [2.24, 2.45) is 5.92 Å². The number of hydrogen-bond acceptors (Lipinski definition) is 5. The van der Waals surface area contributed by atoms with Crippen LogP contribution in [-0.4, -0.2) is 54.9 Å². The summed E-state index contributed by atoms with van der Waals surface area (Å²) in [5.74, 6) is -1.88.